The SMILES string of the molecule is O=C(CCNS(=O)(=O)c1cccc(C(F)(F)F)c1)OCc1nc2ccccc2o1. The minimum atomic E-state index is -4.67. The molecule has 0 unspecified atom stereocenters. The molecule has 0 aliphatic carbocycles. The van der Waals surface area contributed by atoms with Gasteiger partial charge in [-0.3, -0.25) is 4.79 Å². The first-order valence-corrected chi connectivity index (χ1v) is 9.80. The molecule has 0 atom stereocenters. The van der Waals surface area contributed by atoms with Crippen molar-refractivity contribution in [2.24, 2.45) is 0 Å². The Balaban J connectivity index is 1.51. The average molecular weight is 428 g/mol. The monoisotopic (exact) mass is 428 g/mol. The van der Waals surface area contributed by atoms with Crippen LogP contribution >= 0.6 is 0 Å². The van der Waals surface area contributed by atoms with Gasteiger partial charge in [0.05, 0.1) is 16.9 Å². The molecule has 1 aromatic heterocycles. The van der Waals surface area contributed by atoms with E-state index in [0.717, 1.165) is 18.2 Å². The Morgan fingerprint density at radius 3 is 2.62 bits per heavy atom. The van der Waals surface area contributed by atoms with Crippen molar-refractivity contribution in [1.29, 1.82) is 0 Å². The van der Waals surface area contributed by atoms with Crippen LogP contribution in [-0.2, 0) is 32.3 Å². The van der Waals surface area contributed by atoms with Crippen molar-refractivity contribution >= 4 is 27.1 Å². The van der Waals surface area contributed by atoms with E-state index in [1.54, 1.807) is 24.3 Å². The molecular weight excluding hydrogens is 413 g/mol. The quantitative estimate of drug-likeness (QED) is 0.580. The van der Waals surface area contributed by atoms with Crippen molar-refractivity contribution < 1.29 is 35.5 Å². The smallest absolute Gasteiger partial charge is 0.416 e. The Kier molecular flexibility index (Phi) is 5.89. The lowest BCUT2D eigenvalue weighted by Crippen LogP contribution is -2.27. The second kappa shape index (κ2) is 8.21. The first kappa shape index (κ1) is 20.8. The van der Waals surface area contributed by atoms with Gasteiger partial charge >= 0.3 is 12.1 Å². The Morgan fingerprint density at radius 1 is 1.14 bits per heavy atom. The number of hydrogen-bond acceptors (Lipinski definition) is 6. The van der Waals surface area contributed by atoms with Gasteiger partial charge in [0.25, 0.3) is 0 Å². The van der Waals surface area contributed by atoms with E-state index >= 15 is 0 Å². The van der Waals surface area contributed by atoms with Gasteiger partial charge in [0.2, 0.25) is 15.9 Å². The highest BCUT2D eigenvalue weighted by Gasteiger charge is 2.31. The van der Waals surface area contributed by atoms with Crippen molar-refractivity contribution in [3.63, 3.8) is 0 Å². The lowest BCUT2D eigenvalue weighted by Gasteiger charge is -2.10. The summed E-state index contributed by atoms with van der Waals surface area (Å²) < 4.78 is 74.8. The molecule has 0 saturated heterocycles. The summed E-state index contributed by atoms with van der Waals surface area (Å²) in [5.74, 6) is -0.539. The Labute approximate surface area is 163 Å². The zero-order valence-corrected chi connectivity index (χ0v) is 15.6. The van der Waals surface area contributed by atoms with Crippen LogP contribution in [0.1, 0.15) is 17.9 Å². The molecule has 0 aliphatic heterocycles. The molecule has 3 rings (SSSR count). The van der Waals surface area contributed by atoms with Crippen LogP contribution in [0.4, 0.5) is 13.2 Å². The van der Waals surface area contributed by atoms with Gasteiger partial charge in [-0.25, -0.2) is 18.1 Å². The van der Waals surface area contributed by atoms with E-state index in [1.165, 1.54) is 0 Å². The van der Waals surface area contributed by atoms with Gasteiger partial charge in [0.1, 0.15) is 5.52 Å². The number of benzene rings is 2. The molecular formula is C18H15F3N2O5S. The van der Waals surface area contributed by atoms with Crippen LogP contribution in [0, 0.1) is 0 Å². The first-order chi connectivity index (χ1) is 13.6. The second-order valence-electron chi connectivity index (χ2n) is 5.91. The first-order valence-electron chi connectivity index (χ1n) is 8.32. The fourth-order valence-corrected chi connectivity index (χ4v) is 3.48. The number of oxazole rings is 1. The predicted octanol–water partition coefficient (Wildman–Crippen LogP) is 3.26. The number of para-hydroxylation sites is 2. The summed E-state index contributed by atoms with van der Waals surface area (Å²) in [5, 5.41) is 0. The third-order valence-electron chi connectivity index (χ3n) is 3.79. The summed E-state index contributed by atoms with van der Waals surface area (Å²) >= 11 is 0. The van der Waals surface area contributed by atoms with Gasteiger partial charge in [-0.1, -0.05) is 18.2 Å². The predicted molar refractivity (Wildman–Crippen MR) is 95.1 cm³/mol. The van der Waals surface area contributed by atoms with Crippen LogP contribution in [0.5, 0.6) is 0 Å². The number of ether oxygens (including phenoxy) is 1. The van der Waals surface area contributed by atoms with Crippen molar-refractivity contribution in [2.45, 2.75) is 24.1 Å². The Morgan fingerprint density at radius 2 is 1.90 bits per heavy atom. The summed E-state index contributed by atoms with van der Waals surface area (Å²) in [6.07, 6.45) is -4.99. The fraction of sp³-hybridized carbons (Fsp3) is 0.222. The normalized spacial score (nSPS) is 12.2. The maximum absolute atomic E-state index is 12.7. The average Bonchev–Trinajstić information content (AvgIpc) is 3.09. The number of carbonyl (C=O) groups is 1. The molecule has 0 amide bonds. The highest BCUT2D eigenvalue weighted by atomic mass is 32.2. The third kappa shape index (κ3) is 5.33. The standard InChI is InChI=1S/C18H15F3N2O5S/c19-18(20,21)12-4-3-5-13(10-12)29(25,26)22-9-8-17(24)27-11-16-23-14-6-1-2-7-15(14)28-16/h1-7,10,22H,8-9,11H2. The molecule has 154 valence electrons. The van der Waals surface area contributed by atoms with E-state index in [9.17, 15) is 26.4 Å². The lowest BCUT2D eigenvalue weighted by atomic mass is 10.2. The van der Waals surface area contributed by atoms with Crippen LogP contribution in [0.25, 0.3) is 11.1 Å². The van der Waals surface area contributed by atoms with Crippen molar-refractivity contribution in [3.8, 4) is 0 Å². The Bertz CT molecular complexity index is 1090. The van der Waals surface area contributed by atoms with Crippen LogP contribution in [-0.4, -0.2) is 25.9 Å². The lowest BCUT2D eigenvalue weighted by molar-refractivity contribution is -0.145. The number of nitrogens with zero attached hydrogens (tertiary/aromatic N) is 1. The molecule has 0 radical (unpaired) electrons. The summed E-state index contributed by atoms with van der Waals surface area (Å²) in [4.78, 5) is 15.3. The molecule has 0 fully saturated rings. The van der Waals surface area contributed by atoms with Gasteiger partial charge in [-0.15, -0.1) is 0 Å². The fourth-order valence-electron chi connectivity index (χ4n) is 2.41. The third-order valence-corrected chi connectivity index (χ3v) is 5.25. The molecule has 1 heterocycles. The van der Waals surface area contributed by atoms with Crippen LogP contribution < -0.4 is 4.72 Å². The van der Waals surface area contributed by atoms with Crippen molar-refractivity contribution in [2.75, 3.05) is 6.54 Å². The van der Waals surface area contributed by atoms with E-state index in [1.807, 2.05) is 0 Å². The number of fused-ring (bicyclic) bond motifs is 1. The molecule has 3 aromatic rings. The maximum atomic E-state index is 12.7. The molecule has 1 N–H and O–H groups in total. The molecule has 0 aliphatic rings. The maximum Gasteiger partial charge on any atom is 0.416 e. The number of esters is 1. The number of hydrogen-bond donors (Lipinski definition) is 1. The van der Waals surface area contributed by atoms with E-state index in [0.29, 0.717) is 17.2 Å². The van der Waals surface area contributed by atoms with Crippen LogP contribution in [0.3, 0.4) is 0 Å². The zero-order chi connectivity index (χ0) is 21.1. The minimum Gasteiger partial charge on any atom is -0.456 e. The van der Waals surface area contributed by atoms with Gasteiger partial charge in [0.15, 0.2) is 12.2 Å². The number of nitrogens with one attached hydrogen (secondary N) is 1. The van der Waals surface area contributed by atoms with E-state index in [2.05, 4.69) is 9.71 Å². The van der Waals surface area contributed by atoms with Crippen molar-refractivity contribution in [1.82, 2.24) is 9.71 Å². The number of rotatable bonds is 7. The summed E-state index contributed by atoms with van der Waals surface area (Å²) in [5.41, 5.74) is 0.0536. The summed E-state index contributed by atoms with van der Waals surface area (Å²) in [6, 6.07) is 10.3. The highest BCUT2D eigenvalue weighted by molar-refractivity contribution is 7.89. The largest absolute Gasteiger partial charge is 0.456 e. The van der Waals surface area contributed by atoms with E-state index in [-0.39, 0.29) is 25.5 Å². The molecule has 0 spiro atoms. The minimum absolute atomic E-state index is 0.184. The van der Waals surface area contributed by atoms with Gasteiger partial charge in [-0.2, -0.15) is 13.2 Å². The second-order valence-corrected chi connectivity index (χ2v) is 7.68. The number of alkyl halides is 3. The number of aromatic nitrogens is 1. The number of sulfonamides is 1. The van der Waals surface area contributed by atoms with E-state index in [4.69, 9.17) is 9.15 Å². The summed E-state index contributed by atoms with van der Waals surface area (Å²) in [6.45, 7) is -0.571. The zero-order valence-electron chi connectivity index (χ0n) is 14.8. The molecule has 0 saturated carbocycles. The highest BCUT2D eigenvalue weighted by Crippen LogP contribution is 2.30. The van der Waals surface area contributed by atoms with Gasteiger partial charge in [0, 0.05) is 6.54 Å². The topological polar surface area (TPSA) is 98.5 Å². The van der Waals surface area contributed by atoms with Gasteiger partial charge in [-0.05, 0) is 30.3 Å². The van der Waals surface area contributed by atoms with Gasteiger partial charge < -0.3 is 9.15 Å². The number of halogens is 3. The molecule has 11 heteroatoms. The van der Waals surface area contributed by atoms with Crippen LogP contribution in [0.15, 0.2) is 57.8 Å². The molecule has 2 aromatic carbocycles. The van der Waals surface area contributed by atoms with E-state index < -0.39 is 32.6 Å². The molecule has 7 nitrogen and oxygen atoms in total. The number of carbonyl (C=O) groups excluding carboxylic acids is 1. The summed E-state index contributed by atoms with van der Waals surface area (Å²) in [7, 11) is -4.21. The Hall–Kier alpha value is -2.92. The van der Waals surface area contributed by atoms with Crippen LogP contribution in [0.2, 0.25) is 0 Å². The molecule has 0 bridgehead atoms. The molecule has 29 heavy (non-hydrogen) atoms. The van der Waals surface area contributed by atoms with Crippen molar-refractivity contribution in [3.05, 3.63) is 60.0 Å².